The molecule has 0 aliphatic heterocycles. The van der Waals surface area contributed by atoms with E-state index >= 15 is 0 Å². The Labute approximate surface area is 141 Å². The molecule has 0 fully saturated rings. The summed E-state index contributed by atoms with van der Waals surface area (Å²) in [6.45, 7) is 5.59. The minimum absolute atomic E-state index is 0.0120. The van der Waals surface area contributed by atoms with Gasteiger partial charge in [-0.2, -0.15) is 0 Å². The molecule has 128 valence electrons. The number of rotatable bonds is 6. The van der Waals surface area contributed by atoms with Crippen LogP contribution in [0, 0.1) is 13.8 Å². The first kappa shape index (κ1) is 18.0. The Bertz CT molecular complexity index is 847. The molecule has 0 unspecified atom stereocenters. The number of anilines is 1. The van der Waals surface area contributed by atoms with Gasteiger partial charge < -0.3 is 0 Å². The van der Waals surface area contributed by atoms with Gasteiger partial charge in [0, 0.05) is 5.56 Å². The molecule has 1 amide bonds. The van der Waals surface area contributed by atoms with Crippen LogP contribution in [0.15, 0.2) is 47.4 Å². The average molecular weight is 348 g/mol. The van der Waals surface area contributed by atoms with E-state index in [1.807, 2.05) is 19.1 Å². The zero-order valence-electron chi connectivity index (χ0n) is 13.8. The normalized spacial score (nSPS) is 11.1. The highest BCUT2D eigenvalue weighted by atomic mass is 32.2. The Balaban J connectivity index is 2.34. The van der Waals surface area contributed by atoms with Crippen molar-refractivity contribution in [2.45, 2.75) is 25.7 Å². The third-order valence-corrected chi connectivity index (χ3v) is 4.83. The largest absolute Gasteiger partial charge is 0.279 e. The Morgan fingerprint density at radius 3 is 2.46 bits per heavy atom. The van der Waals surface area contributed by atoms with Gasteiger partial charge in [-0.1, -0.05) is 24.3 Å². The lowest BCUT2D eigenvalue weighted by Gasteiger charge is -2.12. The number of para-hydroxylation sites is 1. The Hall–Kier alpha value is -2.38. The number of nitrogens with one attached hydrogen (secondary N) is 2. The summed E-state index contributed by atoms with van der Waals surface area (Å²) >= 11 is 0. The molecule has 0 aliphatic rings. The summed E-state index contributed by atoms with van der Waals surface area (Å²) in [5.74, 6) is -0.484. The average Bonchev–Trinajstić information content (AvgIpc) is 2.54. The molecule has 6 nitrogen and oxygen atoms in total. The van der Waals surface area contributed by atoms with Gasteiger partial charge in [-0.15, -0.1) is 0 Å². The minimum Gasteiger partial charge on any atom is -0.279 e. The van der Waals surface area contributed by atoms with Crippen LogP contribution < -0.4 is 10.2 Å². The van der Waals surface area contributed by atoms with Gasteiger partial charge in [-0.3, -0.25) is 14.4 Å². The van der Waals surface area contributed by atoms with E-state index in [2.05, 4.69) is 10.2 Å². The van der Waals surface area contributed by atoms with E-state index in [-0.39, 0.29) is 10.5 Å². The molecule has 2 rings (SSSR count). The van der Waals surface area contributed by atoms with Gasteiger partial charge >= 0.3 is 0 Å². The fourth-order valence-corrected chi connectivity index (χ4v) is 3.25. The maximum absolute atomic E-state index is 12.6. The number of carbonyl (C=O) groups is 1. The van der Waals surface area contributed by atoms with E-state index in [4.69, 9.17) is 4.84 Å². The predicted molar refractivity (Wildman–Crippen MR) is 92.3 cm³/mol. The predicted octanol–water partition coefficient (Wildman–Crippen LogP) is 2.79. The highest BCUT2D eigenvalue weighted by Gasteiger charge is 2.19. The molecule has 0 bridgehead atoms. The van der Waals surface area contributed by atoms with Crippen LogP contribution in [0.1, 0.15) is 28.4 Å². The fraction of sp³-hybridized carbons (Fsp3) is 0.235. The van der Waals surface area contributed by atoms with Crippen molar-refractivity contribution >= 4 is 21.6 Å². The summed E-state index contributed by atoms with van der Waals surface area (Å²) in [6, 6.07) is 11.5. The first-order chi connectivity index (χ1) is 11.3. The zero-order valence-corrected chi connectivity index (χ0v) is 14.6. The van der Waals surface area contributed by atoms with Crippen molar-refractivity contribution in [3.8, 4) is 0 Å². The summed E-state index contributed by atoms with van der Waals surface area (Å²) in [5, 5.41) is 0. The molecule has 0 heterocycles. The van der Waals surface area contributed by atoms with Gasteiger partial charge in [0.05, 0.1) is 17.2 Å². The molecule has 0 spiro atoms. The van der Waals surface area contributed by atoms with Gasteiger partial charge in [-0.05, 0) is 50.1 Å². The molecule has 0 atom stereocenters. The van der Waals surface area contributed by atoms with E-state index in [9.17, 15) is 13.2 Å². The molecule has 0 saturated carbocycles. The zero-order chi connectivity index (χ0) is 17.7. The first-order valence-corrected chi connectivity index (χ1v) is 8.94. The van der Waals surface area contributed by atoms with Crippen molar-refractivity contribution in [1.82, 2.24) is 5.48 Å². The molecule has 0 aliphatic carbocycles. The molecule has 2 aromatic rings. The van der Waals surface area contributed by atoms with Crippen molar-refractivity contribution in [3.05, 3.63) is 59.2 Å². The van der Waals surface area contributed by atoms with E-state index in [0.29, 0.717) is 17.9 Å². The molecule has 24 heavy (non-hydrogen) atoms. The van der Waals surface area contributed by atoms with Crippen LogP contribution >= 0.6 is 0 Å². The van der Waals surface area contributed by atoms with Crippen LogP contribution in [0.25, 0.3) is 0 Å². The standard InChI is InChI=1S/C17H20N2O4S/c1-4-23-18-17(20)15-11-14(10-9-12(15)2)24(21,22)19-16-8-6-5-7-13(16)3/h5-11,19H,4H2,1-3H3,(H,18,20). The molecule has 0 aromatic heterocycles. The number of benzene rings is 2. The van der Waals surface area contributed by atoms with Gasteiger partial charge in [-0.25, -0.2) is 13.9 Å². The summed E-state index contributed by atoms with van der Waals surface area (Å²) in [6.07, 6.45) is 0. The molecule has 0 radical (unpaired) electrons. The topological polar surface area (TPSA) is 84.5 Å². The van der Waals surface area contributed by atoms with Gasteiger partial charge in [0.25, 0.3) is 15.9 Å². The molecule has 2 N–H and O–H groups in total. The van der Waals surface area contributed by atoms with Crippen molar-refractivity contribution in [2.24, 2.45) is 0 Å². The van der Waals surface area contributed by atoms with Crippen LogP contribution in [-0.2, 0) is 14.9 Å². The fourth-order valence-electron chi connectivity index (χ4n) is 2.10. The van der Waals surface area contributed by atoms with E-state index < -0.39 is 15.9 Å². The molecule has 2 aromatic carbocycles. The smallest absolute Gasteiger partial charge is 0.275 e. The highest BCUT2D eigenvalue weighted by Crippen LogP contribution is 2.21. The quantitative estimate of drug-likeness (QED) is 0.786. The van der Waals surface area contributed by atoms with Crippen LogP contribution in [0.4, 0.5) is 5.69 Å². The number of sulfonamides is 1. The van der Waals surface area contributed by atoms with Crippen LogP contribution in [-0.4, -0.2) is 20.9 Å². The number of hydrogen-bond acceptors (Lipinski definition) is 4. The molecule has 7 heteroatoms. The summed E-state index contributed by atoms with van der Waals surface area (Å²) in [7, 11) is -3.80. The molecular formula is C17H20N2O4S. The third-order valence-electron chi connectivity index (χ3n) is 3.46. The summed E-state index contributed by atoms with van der Waals surface area (Å²) in [4.78, 5) is 17.0. The first-order valence-electron chi connectivity index (χ1n) is 7.46. The van der Waals surface area contributed by atoms with Crippen LogP contribution in [0.3, 0.4) is 0 Å². The molecular weight excluding hydrogens is 328 g/mol. The lowest BCUT2D eigenvalue weighted by Crippen LogP contribution is -2.25. The van der Waals surface area contributed by atoms with Gasteiger partial charge in [0.2, 0.25) is 0 Å². The SMILES string of the molecule is CCONC(=O)c1cc(S(=O)(=O)Nc2ccccc2C)ccc1C. The van der Waals surface area contributed by atoms with Crippen molar-refractivity contribution in [1.29, 1.82) is 0 Å². The second-order valence-corrected chi connectivity index (χ2v) is 6.94. The minimum atomic E-state index is -3.80. The monoisotopic (exact) mass is 348 g/mol. The van der Waals surface area contributed by atoms with E-state index in [1.54, 1.807) is 32.0 Å². The van der Waals surface area contributed by atoms with Gasteiger partial charge in [0.15, 0.2) is 0 Å². The lowest BCUT2D eigenvalue weighted by atomic mass is 10.1. The second kappa shape index (κ2) is 7.46. The number of hydroxylamine groups is 1. The lowest BCUT2D eigenvalue weighted by molar-refractivity contribution is 0.0364. The van der Waals surface area contributed by atoms with Crippen molar-refractivity contribution < 1.29 is 18.0 Å². The number of hydrogen-bond donors (Lipinski definition) is 2. The number of carbonyl (C=O) groups excluding carboxylic acids is 1. The summed E-state index contributed by atoms with van der Waals surface area (Å²) < 4.78 is 27.7. The second-order valence-electron chi connectivity index (χ2n) is 5.26. The highest BCUT2D eigenvalue weighted by molar-refractivity contribution is 7.92. The maximum Gasteiger partial charge on any atom is 0.275 e. The summed E-state index contributed by atoms with van der Waals surface area (Å²) in [5.41, 5.74) is 4.48. The molecule has 0 saturated heterocycles. The Morgan fingerprint density at radius 1 is 1.08 bits per heavy atom. The van der Waals surface area contributed by atoms with Crippen LogP contribution in [0.2, 0.25) is 0 Å². The maximum atomic E-state index is 12.6. The Morgan fingerprint density at radius 2 is 1.79 bits per heavy atom. The van der Waals surface area contributed by atoms with Crippen molar-refractivity contribution in [2.75, 3.05) is 11.3 Å². The Kier molecular flexibility index (Phi) is 5.58. The van der Waals surface area contributed by atoms with Crippen molar-refractivity contribution in [3.63, 3.8) is 0 Å². The van der Waals surface area contributed by atoms with Gasteiger partial charge in [0.1, 0.15) is 0 Å². The van der Waals surface area contributed by atoms with E-state index in [0.717, 1.165) is 5.56 Å². The third kappa shape index (κ3) is 4.12. The van der Waals surface area contributed by atoms with E-state index in [1.165, 1.54) is 12.1 Å². The number of amides is 1. The van der Waals surface area contributed by atoms with Crippen LogP contribution in [0.5, 0.6) is 0 Å². The number of aryl methyl sites for hydroxylation is 2.